The van der Waals surface area contributed by atoms with Crippen molar-refractivity contribution in [2.75, 3.05) is 11.9 Å². The molecule has 0 aliphatic rings. The van der Waals surface area contributed by atoms with Crippen LogP contribution in [0.5, 0.6) is 0 Å². The molecule has 1 aromatic heterocycles. The summed E-state index contributed by atoms with van der Waals surface area (Å²) in [5, 5.41) is 4.70. The zero-order chi connectivity index (χ0) is 9.68. The largest absolute Gasteiger partial charge is 0.456 e. The number of nitrogens with one attached hydrogen (secondary N) is 1. The Kier molecular flexibility index (Phi) is 3.39. The molecule has 0 saturated heterocycles. The van der Waals surface area contributed by atoms with Gasteiger partial charge in [-0.05, 0) is 0 Å². The van der Waals surface area contributed by atoms with E-state index in [0.717, 1.165) is 0 Å². The van der Waals surface area contributed by atoms with Crippen molar-refractivity contribution in [1.82, 2.24) is 4.98 Å². The van der Waals surface area contributed by atoms with Crippen LogP contribution in [-0.4, -0.2) is 23.5 Å². The number of nitrogens with zero attached hydrogens (tertiary/aromatic N) is 1. The fourth-order valence-corrected chi connectivity index (χ4v) is 1.15. The molecule has 0 aromatic carbocycles. The number of amides is 1. The first-order valence-electron chi connectivity index (χ1n) is 3.51. The molecule has 1 aromatic rings. The second kappa shape index (κ2) is 4.56. The van der Waals surface area contributed by atoms with Gasteiger partial charge in [-0.2, -0.15) is 0 Å². The van der Waals surface area contributed by atoms with Gasteiger partial charge in [-0.1, -0.05) is 0 Å². The van der Waals surface area contributed by atoms with E-state index < -0.39 is 5.97 Å². The smallest absolute Gasteiger partial charge is 0.303 e. The summed E-state index contributed by atoms with van der Waals surface area (Å²) in [5.74, 6) is -0.862. The van der Waals surface area contributed by atoms with Crippen molar-refractivity contribution >= 4 is 28.3 Å². The lowest BCUT2D eigenvalue weighted by Gasteiger charge is -2.00. The third-order valence-electron chi connectivity index (χ3n) is 1.09. The molecule has 0 atom stereocenters. The van der Waals surface area contributed by atoms with Crippen LogP contribution < -0.4 is 5.32 Å². The van der Waals surface area contributed by atoms with Crippen molar-refractivity contribution in [3.8, 4) is 0 Å². The zero-order valence-corrected chi connectivity index (χ0v) is 7.76. The Morgan fingerprint density at radius 2 is 2.46 bits per heavy atom. The number of hydrogen-bond acceptors (Lipinski definition) is 5. The summed E-state index contributed by atoms with van der Waals surface area (Å²) in [7, 11) is 0. The minimum atomic E-state index is -0.478. The van der Waals surface area contributed by atoms with Gasteiger partial charge >= 0.3 is 5.97 Å². The van der Waals surface area contributed by atoms with Crippen LogP contribution in [0, 0.1) is 0 Å². The van der Waals surface area contributed by atoms with Crippen molar-refractivity contribution in [2.24, 2.45) is 0 Å². The third kappa shape index (κ3) is 3.66. The van der Waals surface area contributed by atoms with Crippen molar-refractivity contribution in [3.05, 3.63) is 11.6 Å². The van der Waals surface area contributed by atoms with Gasteiger partial charge in [-0.3, -0.25) is 14.9 Å². The monoisotopic (exact) mass is 200 g/mol. The van der Waals surface area contributed by atoms with Crippen LogP contribution in [0.15, 0.2) is 11.6 Å². The Bertz CT molecular complexity index is 297. The Morgan fingerprint density at radius 1 is 1.69 bits per heavy atom. The molecule has 1 heterocycles. The quantitative estimate of drug-likeness (QED) is 0.727. The molecule has 0 fully saturated rings. The van der Waals surface area contributed by atoms with Crippen molar-refractivity contribution in [1.29, 1.82) is 0 Å². The van der Waals surface area contributed by atoms with E-state index in [1.165, 1.54) is 18.3 Å². The summed E-state index contributed by atoms with van der Waals surface area (Å²) in [6.07, 6.45) is 1.58. The lowest BCUT2D eigenvalue weighted by Crippen LogP contribution is -2.19. The summed E-state index contributed by atoms with van der Waals surface area (Å²) < 4.78 is 4.48. The highest BCUT2D eigenvalue weighted by atomic mass is 32.1. The van der Waals surface area contributed by atoms with Gasteiger partial charge in [-0.15, -0.1) is 11.3 Å². The first-order valence-corrected chi connectivity index (χ1v) is 4.39. The molecule has 0 spiro atoms. The van der Waals surface area contributed by atoms with Gasteiger partial charge in [0.25, 0.3) is 5.91 Å². The first kappa shape index (κ1) is 9.66. The fraction of sp³-hybridized carbons (Fsp3) is 0.286. The van der Waals surface area contributed by atoms with Gasteiger partial charge < -0.3 is 4.74 Å². The number of thiazole rings is 1. The van der Waals surface area contributed by atoms with Crippen molar-refractivity contribution < 1.29 is 14.3 Å². The number of anilines is 1. The highest BCUT2D eigenvalue weighted by Crippen LogP contribution is 2.09. The minimum absolute atomic E-state index is 0.269. The number of rotatable bonds is 3. The predicted molar refractivity (Wildman–Crippen MR) is 47.4 cm³/mol. The van der Waals surface area contributed by atoms with Crippen LogP contribution in [0.4, 0.5) is 5.13 Å². The third-order valence-corrected chi connectivity index (χ3v) is 1.77. The lowest BCUT2D eigenvalue weighted by atomic mass is 10.6. The van der Waals surface area contributed by atoms with E-state index in [0.29, 0.717) is 5.13 Å². The number of hydrogen-bond donors (Lipinski definition) is 1. The Hall–Kier alpha value is -1.43. The van der Waals surface area contributed by atoms with E-state index in [-0.39, 0.29) is 12.5 Å². The highest BCUT2D eigenvalue weighted by molar-refractivity contribution is 7.13. The molecule has 6 heteroatoms. The molecule has 0 radical (unpaired) electrons. The molecule has 1 N–H and O–H groups in total. The van der Waals surface area contributed by atoms with Gasteiger partial charge in [-0.25, -0.2) is 4.98 Å². The standard InChI is InChI=1S/C7H8N2O3S/c1-5(10)12-4-6(11)9-7-8-2-3-13-7/h2-3H,4H2,1H3,(H,8,9,11). The number of aromatic nitrogens is 1. The van der Waals surface area contributed by atoms with Crippen LogP contribution in [0.2, 0.25) is 0 Å². The van der Waals surface area contributed by atoms with Crippen molar-refractivity contribution in [2.45, 2.75) is 6.92 Å². The van der Waals surface area contributed by atoms with Gasteiger partial charge in [0.2, 0.25) is 0 Å². The molecule has 1 rings (SSSR count). The maximum absolute atomic E-state index is 11.0. The molecular formula is C7H8N2O3S. The summed E-state index contributed by atoms with van der Waals surface area (Å²) in [6.45, 7) is 0.978. The predicted octanol–water partition coefficient (Wildman–Crippen LogP) is 0.645. The molecular weight excluding hydrogens is 192 g/mol. The first-order chi connectivity index (χ1) is 6.18. The average molecular weight is 200 g/mol. The summed E-state index contributed by atoms with van der Waals surface area (Å²) >= 11 is 1.30. The number of carbonyl (C=O) groups excluding carboxylic acids is 2. The molecule has 70 valence electrons. The van der Waals surface area contributed by atoms with Gasteiger partial charge in [0.05, 0.1) is 0 Å². The van der Waals surface area contributed by atoms with E-state index in [9.17, 15) is 9.59 Å². The molecule has 0 saturated carbocycles. The van der Waals surface area contributed by atoms with E-state index in [4.69, 9.17) is 0 Å². The van der Waals surface area contributed by atoms with E-state index in [1.54, 1.807) is 11.6 Å². The Labute approximate surface area is 78.7 Å². The minimum Gasteiger partial charge on any atom is -0.456 e. The van der Waals surface area contributed by atoms with Crippen LogP contribution in [0.3, 0.4) is 0 Å². The normalized spacial score (nSPS) is 9.31. The Balaban J connectivity index is 2.30. The molecule has 0 unspecified atom stereocenters. The summed E-state index contributed by atoms with van der Waals surface area (Å²) in [5.41, 5.74) is 0. The number of carbonyl (C=O) groups is 2. The molecule has 5 nitrogen and oxygen atoms in total. The maximum atomic E-state index is 11.0. The molecule has 13 heavy (non-hydrogen) atoms. The van der Waals surface area contributed by atoms with Crippen LogP contribution in [0.1, 0.15) is 6.92 Å². The van der Waals surface area contributed by atoms with Crippen LogP contribution >= 0.6 is 11.3 Å². The maximum Gasteiger partial charge on any atom is 0.303 e. The van der Waals surface area contributed by atoms with E-state index in [1.807, 2.05) is 0 Å². The second-order valence-corrected chi connectivity index (χ2v) is 3.06. The summed E-state index contributed by atoms with van der Waals surface area (Å²) in [6, 6.07) is 0. The fourth-order valence-electron chi connectivity index (χ4n) is 0.608. The average Bonchev–Trinajstić information content (AvgIpc) is 2.53. The van der Waals surface area contributed by atoms with Gasteiger partial charge in [0.15, 0.2) is 11.7 Å². The van der Waals surface area contributed by atoms with E-state index >= 15 is 0 Å². The molecule has 0 aliphatic carbocycles. The highest BCUT2D eigenvalue weighted by Gasteiger charge is 2.04. The van der Waals surface area contributed by atoms with E-state index in [2.05, 4.69) is 15.0 Å². The van der Waals surface area contributed by atoms with Gasteiger partial charge in [0.1, 0.15) is 0 Å². The molecule has 0 bridgehead atoms. The Morgan fingerprint density at radius 3 is 3.00 bits per heavy atom. The molecule has 1 amide bonds. The number of ether oxygens (including phenoxy) is 1. The van der Waals surface area contributed by atoms with Crippen LogP contribution in [-0.2, 0) is 14.3 Å². The zero-order valence-electron chi connectivity index (χ0n) is 6.94. The second-order valence-electron chi connectivity index (χ2n) is 2.17. The number of esters is 1. The summed E-state index contributed by atoms with van der Waals surface area (Å²) in [4.78, 5) is 25.2. The van der Waals surface area contributed by atoms with Crippen LogP contribution in [0.25, 0.3) is 0 Å². The van der Waals surface area contributed by atoms with Crippen molar-refractivity contribution in [3.63, 3.8) is 0 Å². The van der Waals surface area contributed by atoms with Gasteiger partial charge in [0, 0.05) is 18.5 Å². The topological polar surface area (TPSA) is 68.3 Å². The SMILES string of the molecule is CC(=O)OCC(=O)Nc1nccs1. The molecule has 0 aliphatic heterocycles. The lowest BCUT2D eigenvalue weighted by molar-refractivity contribution is -0.144.